The van der Waals surface area contributed by atoms with Gasteiger partial charge in [0.2, 0.25) is 0 Å². The number of carbonyl (C=O) groups is 2. The predicted octanol–water partition coefficient (Wildman–Crippen LogP) is 1.94. The van der Waals surface area contributed by atoms with Crippen molar-refractivity contribution in [3.63, 3.8) is 0 Å². The van der Waals surface area contributed by atoms with Gasteiger partial charge in [-0.15, -0.1) is 0 Å². The molecule has 0 aliphatic heterocycles. The van der Waals surface area contributed by atoms with Gasteiger partial charge in [0.05, 0.1) is 26.3 Å². The van der Waals surface area contributed by atoms with Crippen LogP contribution in [0.25, 0.3) is 0 Å². The summed E-state index contributed by atoms with van der Waals surface area (Å²) in [5.74, 6) is -2.00. The molecule has 0 saturated heterocycles. The first-order valence-electron chi connectivity index (χ1n) is 5.47. The van der Waals surface area contributed by atoms with Gasteiger partial charge in [-0.2, -0.15) is 0 Å². The van der Waals surface area contributed by atoms with Crippen LogP contribution in [0.1, 0.15) is 12.0 Å². The molecule has 19 heavy (non-hydrogen) atoms. The normalized spacial score (nSPS) is 11.1. The number of benzene rings is 1. The summed E-state index contributed by atoms with van der Waals surface area (Å²) in [7, 11) is 2.34. The molecule has 1 aromatic carbocycles. The molecule has 0 spiro atoms. The molecule has 0 saturated carbocycles. The maximum absolute atomic E-state index is 13.8. The van der Waals surface area contributed by atoms with E-state index in [4.69, 9.17) is 0 Å². The number of ether oxygens (including phenoxy) is 2. The van der Waals surface area contributed by atoms with E-state index in [1.165, 1.54) is 13.2 Å². The average Bonchev–Trinajstić information content (AvgIpc) is 2.41. The molecule has 0 unspecified atom stereocenters. The molecule has 6 heteroatoms. The Morgan fingerprint density at radius 3 is 2.53 bits per heavy atom. The monoisotopic (exact) mass is 267 g/mol. The molecule has 5 nitrogen and oxygen atoms in total. The zero-order chi connectivity index (χ0) is 14.4. The largest absolute Gasteiger partial charge is 0.469 e. The van der Waals surface area contributed by atoms with Crippen molar-refractivity contribution in [3.05, 3.63) is 29.6 Å². The predicted molar refractivity (Wildman–Crippen MR) is 66.9 cm³/mol. The molecule has 0 amide bonds. The van der Waals surface area contributed by atoms with Gasteiger partial charge >= 0.3 is 11.9 Å². The molecule has 1 rings (SSSR count). The van der Waals surface area contributed by atoms with Gasteiger partial charge in [-0.05, 0) is 18.6 Å². The highest BCUT2D eigenvalue weighted by Gasteiger charge is 2.18. The van der Waals surface area contributed by atoms with Crippen molar-refractivity contribution in [2.24, 2.45) is 4.99 Å². The fourth-order valence-electron chi connectivity index (χ4n) is 1.35. The molecule has 0 fully saturated rings. The molecular formula is C13H14FNO4. The second-order valence-corrected chi connectivity index (χ2v) is 3.71. The first-order chi connectivity index (χ1) is 8.99. The third-order valence-electron chi connectivity index (χ3n) is 2.39. The molecule has 0 bridgehead atoms. The second kappa shape index (κ2) is 6.63. The molecule has 0 aliphatic carbocycles. The van der Waals surface area contributed by atoms with E-state index in [1.807, 2.05) is 0 Å². The highest BCUT2D eigenvalue weighted by atomic mass is 19.1. The lowest BCUT2D eigenvalue weighted by atomic mass is 10.2. The first-order valence-corrected chi connectivity index (χ1v) is 5.47. The van der Waals surface area contributed by atoms with E-state index in [0.29, 0.717) is 5.56 Å². The maximum Gasteiger partial charge on any atom is 0.353 e. The number of halogens is 1. The van der Waals surface area contributed by atoms with Crippen molar-refractivity contribution in [1.29, 1.82) is 0 Å². The second-order valence-electron chi connectivity index (χ2n) is 3.71. The molecular weight excluding hydrogens is 253 g/mol. The zero-order valence-electron chi connectivity index (χ0n) is 10.9. The average molecular weight is 267 g/mol. The summed E-state index contributed by atoms with van der Waals surface area (Å²) in [5, 5.41) is 0. The Morgan fingerprint density at radius 2 is 1.95 bits per heavy atom. The molecule has 0 aliphatic rings. The van der Waals surface area contributed by atoms with Gasteiger partial charge in [0.15, 0.2) is 5.82 Å². The minimum atomic E-state index is -0.800. The lowest BCUT2D eigenvalue weighted by Gasteiger charge is -2.05. The number of aliphatic imine (C=N–C) groups is 1. The number of hydrogen-bond acceptors (Lipinski definition) is 5. The minimum Gasteiger partial charge on any atom is -0.469 e. The van der Waals surface area contributed by atoms with Crippen molar-refractivity contribution in [2.45, 2.75) is 13.3 Å². The summed E-state index contributed by atoms with van der Waals surface area (Å²) in [4.78, 5) is 26.5. The van der Waals surface area contributed by atoms with Gasteiger partial charge in [-0.1, -0.05) is 12.1 Å². The Kier molecular flexibility index (Phi) is 5.17. The lowest BCUT2D eigenvalue weighted by Crippen LogP contribution is -2.20. The number of aryl methyl sites for hydroxylation is 1. The number of rotatable bonds is 4. The summed E-state index contributed by atoms with van der Waals surface area (Å²) < 4.78 is 22.7. The van der Waals surface area contributed by atoms with Gasteiger partial charge in [-0.25, -0.2) is 14.2 Å². The third-order valence-corrected chi connectivity index (χ3v) is 2.39. The molecule has 1 aromatic rings. The minimum absolute atomic E-state index is 0.0238. The number of carbonyl (C=O) groups excluding carboxylic acids is 2. The Balaban J connectivity index is 3.16. The van der Waals surface area contributed by atoms with E-state index in [1.54, 1.807) is 19.1 Å². The van der Waals surface area contributed by atoms with Crippen molar-refractivity contribution in [3.8, 4) is 0 Å². The number of esters is 2. The highest BCUT2D eigenvalue weighted by Crippen LogP contribution is 2.21. The molecule has 0 heterocycles. The quantitative estimate of drug-likeness (QED) is 0.617. The van der Waals surface area contributed by atoms with Gasteiger partial charge in [0, 0.05) is 0 Å². The van der Waals surface area contributed by atoms with E-state index < -0.39 is 17.8 Å². The van der Waals surface area contributed by atoms with Gasteiger partial charge in [0.1, 0.15) is 5.71 Å². The van der Waals surface area contributed by atoms with Crippen molar-refractivity contribution < 1.29 is 23.5 Å². The van der Waals surface area contributed by atoms with Crippen LogP contribution in [-0.2, 0) is 19.1 Å². The summed E-state index contributed by atoms with van der Waals surface area (Å²) in [6.45, 7) is 1.58. The van der Waals surface area contributed by atoms with Crippen LogP contribution in [0.5, 0.6) is 0 Å². The zero-order valence-corrected chi connectivity index (χ0v) is 10.9. The summed E-state index contributed by atoms with van der Waals surface area (Å²) in [6.07, 6.45) is -0.378. The summed E-state index contributed by atoms with van der Waals surface area (Å²) in [5.41, 5.74) is 0.159. The Bertz CT molecular complexity index is 525. The first kappa shape index (κ1) is 14.8. The van der Waals surface area contributed by atoms with E-state index in [2.05, 4.69) is 14.5 Å². The van der Waals surface area contributed by atoms with Crippen LogP contribution in [0.2, 0.25) is 0 Å². The SMILES string of the molecule is COC(=O)CC(=Nc1cccc(C)c1F)C(=O)OC. The smallest absolute Gasteiger partial charge is 0.353 e. The number of hydrogen-bond donors (Lipinski definition) is 0. The Hall–Kier alpha value is -2.24. The topological polar surface area (TPSA) is 65.0 Å². The standard InChI is InChI=1S/C13H14FNO4/c1-8-5-4-6-9(12(8)14)15-10(13(17)19-3)7-11(16)18-2/h4-6H,7H2,1-3H3. The molecule has 102 valence electrons. The van der Waals surface area contributed by atoms with Crippen molar-refractivity contribution in [1.82, 2.24) is 0 Å². The summed E-state index contributed by atoms with van der Waals surface area (Å²) >= 11 is 0. The van der Waals surface area contributed by atoms with E-state index in [-0.39, 0.29) is 17.8 Å². The van der Waals surface area contributed by atoms with Gasteiger partial charge in [-0.3, -0.25) is 4.79 Å². The van der Waals surface area contributed by atoms with E-state index in [0.717, 1.165) is 7.11 Å². The van der Waals surface area contributed by atoms with E-state index >= 15 is 0 Å². The van der Waals surface area contributed by atoms with Crippen LogP contribution < -0.4 is 0 Å². The van der Waals surface area contributed by atoms with Crippen LogP contribution in [0.3, 0.4) is 0 Å². The number of nitrogens with zero attached hydrogens (tertiary/aromatic N) is 1. The third kappa shape index (κ3) is 3.87. The van der Waals surface area contributed by atoms with Gasteiger partial charge < -0.3 is 9.47 Å². The fourth-order valence-corrected chi connectivity index (χ4v) is 1.35. The van der Waals surface area contributed by atoms with Crippen LogP contribution in [0.15, 0.2) is 23.2 Å². The molecule has 0 N–H and O–H groups in total. The Morgan fingerprint density at radius 1 is 1.26 bits per heavy atom. The van der Waals surface area contributed by atoms with Crippen molar-refractivity contribution in [2.75, 3.05) is 14.2 Å². The van der Waals surface area contributed by atoms with Crippen LogP contribution >= 0.6 is 0 Å². The molecule has 0 aromatic heterocycles. The lowest BCUT2D eigenvalue weighted by molar-refractivity contribution is -0.140. The Labute approximate surface area is 110 Å². The van der Waals surface area contributed by atoms with Crippen LogP contribution in [0.4, 0.5) is 10.1 Å². The molecule has 0 atom stereocenters. The van der Waals surface area contributed by atoms with E-state index in [9.17, 15) is 14.0 Å². The highest BCUT2D eigenvalue weighted by molar-refractivity contribution is 6.39. The maximum atomic E-state index is 13.8. The fraction of sp³-hybridized carbons (Fsp3) is 0.308. The van der Waals surface area contributed by atoms with Crippen molar-refractivity contribution >= 4 is 23.3 Å². The number of methoxy groups -OCH3 is 2. The van der Waals surface area contributed by atoms with Crippen LogP contribution in [0, 0.1) is 12.7 Å². The van der Waals surface area contributed by atoms with Crippen LogP contribution in [-0.4, -0.2) is 31.9 Å². The molecule has 0 radical (unpaired) electrons. The summed E-state index contributed by atoms with van der Waals surface area (Å²) in [6, 6.07) is 4.58. The van der Waals surface area contributed by atoms with Gasteiger partial charge in [0.25, 0.3) is 0 Å².